The van der Waals surface area contributed by atoms with Crippen molar-refractivity contribution in [1.29, 1.82) is 5.41 Å². The van der Waals surface area contributed by atoms with Crippen molar-refractivity contribution in [2.75, 3.05) is 12.8 Å². The Hall–Kier alpha value is -3.21. The number of nitrogen functional groups attached to an aromatic ring is 1. The van der Waals surface area contributed by atoms with Crippen LogP contribution in [0.5, 0.6) is 0 Å². The molecule has 0 amide bonds. The van der Waals surface area contributed by atoms with Gasteiger partial charge in [-0.1, -0.05) is 12.1 Å². The van der Waals surface area contributed by atoms with Crippen molar-refractivity contribution in [1.82, 2.24) is 4.98 Å². The molecule has 0 unspecified atom stereocenters. The highest BCUT2D eigenvalue weighted by atomic mass is 16.5. The highest BCUT2D eigenvalue weighted by molar-refractivity contribution is 6.05. The molecule has 0 saturated carbocycles. The number of nitrogens with zero attached hydrogens (tertiary/aromatic N) is 1. The third kappa shape index (κ3) is 2.85. The molecular formula is C22H21N3O2. The van der Waals surface area contributed by atoms with E-state index in [1.54, 1.807) is 12.1 Å². The van der Waals surface area contributed by atoms with Gasteiger partial charge in [-0.25, -0.2) is 9.78 Å². The minimum atomic E-state index is -0.346. The number of carbonyl (C=O) groups excluding carboxylic acids is 1. The summed E-state index contributed by atoms with van der Waals surface area (Å²) in [6.45, 7) is 0. The van der Waals surface area contributed by atoms with E-state index in [2.05, 4.69) is 0 Å². The van der Waals surface area contributed by atoms with Gasteiger partial charge in [-0.2, -0.15) is 0 Å². The second-order valence-electron chi connectivity index (χ2n) is 6.80. The third-order valence-electron chi connectivity index (χ3n) is 5.27. The number of carbonyl (C=O) groups is 1. The predicted molar refractivity (Wildman–Crippen MR) is 107 cm³/mol. The maximum absolute atomic E-state index is 11.7. The zero-order valence-corrected chi connectivity index (χ0v) is 15.2. The molecule has 0 saturated heterocycles. The fourth-order valence-corrected chi connectivity index (χ4v) is 3.94. The number of fused-ring (bicyclic) bond motifs is 3. The lowest BCUT2D eigenvalue weighted by molar-refractivity contribution is 0.0601. The average Bonchev–Trinajstić information content (AvgIpc) is 2.72. The number of aromatic nitrogens is 1. The monoisotopic (exact) mass is 359 g/mol. The average molecular weight is 359 g/mol. The van der Waals surface area contributed by atoms with Gasteiger partial charge >= 0.3 is 5.97 Å². The number of anilines is 1. The Kier molecular flexibility index (Phi) is 4.36. The van der Waals surface area contributed by atoms with Gasteiger partial charge in [0, 0.05) is 28.4 Å². The molecule has 1 aliphatic rings. The lowest BCUT2D eigenvalue weighted by Gasteiger charge is -2.22. The number of nitrogens with one attached hydrogen (secondary N) is 1. The van der Waals surface area contributed by atoms with Crippen LogP contribution >= 0.6 is 0 Å². The van der Waals surface area contributed by atoms with E-state index in [0.29, 0.717) is 11.3 Å². The summed E-state index contributed by atoms with van der Waals surface area (Å²) in [4.78, 5) is 16.6. The topological polar surface area (TPSA) is 89.1 Å². The van der Waals surface area contributed by atoms with Crippen LogP contribution in [0.15, 0.2) is 36.4 Å². The van der Waals surface area contributed by atoms with Gasteiger partial charge in [0.25, 0.3) is 0 Å². The van der Waals surface area contributed by atoms with Gasteiger partial charge in [0.15, 0.2) is 0 Å². The van der Waals surface area contributed by atoms with Crippen molar-refractivity contribution >= 4 is 28.8 Å². The van der Waals surface area contributed by atoms with Crippen LogP contribution in [-0.2, 0) is 17.6 Å². The van der Waals surface area contributed by atoms with Crippen LogP contribution in [-0.4, -0.2) is 24.3 Å². The summed E-state index contributed by atoms with van der Waals surface area (Å²) < 4.78 is 4.78. The Morgan fingerprint density at radius 1 is 1.11 bits per heavy atom. The molecule has 5 heteroatoms. The molecule has 0 aliphatic heterocycles. The summed E-state index contributed by atoms with van der Waals surface area (Å²) >= 11 is 0. The minimum absolute atomic E-state index is 0.346. The number of aryl methyl sites for hydroxylation is 1. The Bertz CT molecular complexity index is 1060. The smallest absolute Gasteiger partial charge is 0.337 e. The number of ether oxygens (including phenoxy) is 1. The second kappa shape index (κ2) is 6.83. The zero-order chi connectivity index (χ0) is 19.0. The molecule has 1 aliphatic carbocycles. The van der Waals surface area contributed by atoms with Crippen LogP contribution in [0.4, 0.5) is 5.69 Å². The normalized spacial score (nSPS) is 13.2. The molecule has 1 aromatic heterocycles. The van der Waals surface area contributed by atoms with Gasteiger partial charge in [-0.15, -0.1) is 0 Å². The Morgan fingerprint density at radius 2 is 1.81 bits per heavy atom. The van der Waals surface area contributed by atoms with E-state index in [4.69, 9.17) is 20.9 Å². The standard InChI is InChI=1S/C22H21N3O2/c1-27-22(26)14-8-6-13(7-9-14)21-16-5-3-2-4-15(16)20-17(12-23)18(24)10-11-19(20)25-21/h6-12,23H,2-5,24H2,1H3. The van der Waals surface area contributed by atoms with E-state index in [0.717, 1.165) is 53.4 Å². The third-order valence-corrected chi connectivity index (χ3v) is 5.27. The number of hydrogen-bond donors (Lipinski definition) is 2. The highest BCUT2D eigenvalue weighted by Gasteiger charge is 2.21. The van der Waals surface area contributed by atoms with Gasteiger partial charge in [0.2, 0.25) is 0 Å². The summed E-state index contributed by atoms with van der Waals surface area (Å²) in [5, 5.41) is 8.82. The van der Waals surface area contributed by atoms with Crippen LogP contribution < -0.4 is 5.73 Å². The molecule has 3 aromatic rings. The van der Waals surface area contributed by atoms with E-state index in [-0.39, 0.29) is 5.97 Å². The summed E-state index contributed by atoms with van der Waals surface area (Å²) in [5.41, 5.74) is 13.3. The van der Waals surface area contributed by atoms with Gasteiger partial charge in [-0.05, 0) is 61.1 Å². The fraction of sp³-hybridized carbons (Fsp3) is 0.227. The first-order chi connectivity index (χ1) is 13.1. The van der Waals surface area contributed by atoms with Crippen LogP contribution in [0, 0.1) is 5.41 Å². The fourth-order valence-electron chi connectivity index (χ4n) is 3.94. The number of pyridine rings is 1. The van der Waals surface area contributed by atoms with E-state index < -0.39 is 0 Å². The van der Waals surface area contributed by atoms with Crippen molar-refractivity contribution in [2.24, 2.45) is 0 Å². The molecular weight excluding hydrogens is 338 g/mol. The Labute approximate surface area is 157 Å². The van der Waals surface area contributed by atoms with Crippen molar-refractivity contribution in [3.8, 4) is 11.3 Å². The lowest BCUT2D eigenvalue weighted by Crippen LogP contribution is -2.10. The molecule has 4 rings (SSSR count). The van der Waals surface area contributed by atoms with Crippen LogP contribution in [0.3, 0.4) is 0 Å². The quantitative estimate of drug-likeness (QED) is 0.418. The molecule has 136 valence electrons. The molecule has 2 aromatic carbocycles. The summed E-state index contributed by atoms with van der Waals surface area (Å²) in [6.07, 6.45) is 5.50. The number of hydrogen-bond acceptors (Lipinski definition) is 5. The van der Waals surface area contributed by atoms with Crippen molar-refractivity contribution in [2.45, 2.75) is 25.7 Å². The summed E-state index contributed by atoms with van der Waals surface area (Å²) in [7, 11) is 1.38. The SMILES string of the molecule is COC(=O)c1ccc(-c2nc3ccc(N)c(C=N)c3c3c2CCCC3)cc1. The van der Waals surface area contributed by atoms with Crippen molar-refractivity contribution < 1.29 is 9.53 Å². The zero-order valence-electron chi connectivity index (χ0n) is 15.2. The lowest BCUT2D eigenvalue weighted by atomic mass is 9.85. The van der Waals surface area contributed by atoms with Crippen molar-refractivity contribution in [3.05, 3.63) is 58.7 Å². The summed E-state index contributed by atoms with van der Waals surface area (Å²) in [6, 6.07) is 11.1. The maximum Gasteiger partial charge on any atom is 0.337 e. The van der Waals surface area contributed by atoms with Gasteiger partial charge < -0.3 is 15.9 Å². The first kappa shape index (κ1) is 17.2. The molecule has 0 fully saturated rings. The molecule has 0 spiro atoms. The molecule has 27 heavy (non-hydrogen) atoms. The largest absolute Gasteiger partial charge is 0.465 e. The molecule has 1 heterocycles. The van der Waals surface area contributed by atoms with E-state index in [1.807, 2.05) is 24.3 Å². The minimum Gasteiger partial charge on any atom is -0.465 e. The first-order valence-corrected chi connectivity index (χ1v) is 9.07. The maximum atomic E-state index is 11.7. The number of benzene rings is 2. The second-order valence-corrected chi connectivity index (χ2v) is 6.80. The van der Waals surface area contributed by atoms with Gasteiger partial charge in [0.1, 0.15) is 0 Å². The number of methoxy groups -OCH3 is 1. The highest BCUT2D eigenvalue weighted by Crippen LogP contribution is 2.37. The summed E-state index contributed by atoms with van der Waals surface area (Å²) in [5.74, 6) is -0.346. The Balaban J connectivity index is 1.95. The van der Waals surface area contributed by atoms with Gasteiger partial charge in [-0.3, -0.25) is 0 Å². The number of nitrogens with two attached hydrogens (primary N) is 1. The Morgan fingerprint density at radius 3 is 2.48 bits per heavy atom. The predicted octanol–water partition coefficient (Wildman–Crippen LogP) is 4.15. The number of rotatable bonds is 3. The van der Waals surface area contributed by atoms with Crippen LogP contribution in [0.25, 0.3) is 22.2 Å². The molecule has 3 N–H and O–H groups in total. The van der Waals surface area contributed by atoms with Gasteiger partial charge in [0.05, 0.1) is 23.9 Å². The van der Waals surface area contributed by atoms with E-state index in [1.165, 1.54) is 24.5 Å². The molecule has 5 nitrogen and oxygen atoms in total. The van der Waals surface area contributed by atoms with E-state index >= 15 is 0 Å². The molecule has 0 radical (unpaired) electrons. The molecule has 0 bridgehead atoms. The van der Waals surface area contributed by atoms with Crippen LogP contribution in [0.2, 0.25) is 0 Å². The van der Waals surface area contributed by atoms with Crippen molar-refractivity contribution in [3.63, 3.8) is 0 Å². The number of esters is 1. The molecule has 0 atom stereocenters. The van der Waals surface area contributed by atoms with E-state index in [9.17, 15) is 4.79 Å². The first-order valence-electron chi connectivity index (χ1n) is 9.07. The van der Waals surface area contributed by atoms with Crippen LogP contribution in [0.1, 0.15) is 39.9 Å².